The van der Waals surface area contributed by atoms with E-state index in [1.807, 2.05) is 0 Å². The van der Waals surface area contributed by atoms with Gasteiger partial charge >= 0.3 is 0 Å². The largest absolute Gasteiger partial charge is 0.327 e. The van der Waals surface area contributed by atoms with Crippen LogP contribution < -0.4 is 5.73 Å². The molecule has 0 aromatic rings. The molecule has 2 N–H and O–H groups in total. The predicted octanol–water partition coefficient (Wildman–Crippen LogP) is 3.89. The Balaban J connectivity index is 1.75. The van der Waals surface area contributed by atoms with Gasteiger partial charge in [0.1, 0.15) is 0 Å². The van der Waals surface area contributed by atoms with Crippen LogP contribution in [0.25, 0.3) is 0 Å². The van der Waals surface area contributed by atoms with Crippen molar-refractivity contribution in [2.45, 2.75) is 64.3 Å². The first-order chi connectivity index (χ1) is 8.11. The van der Waals surface area contributed by atoms with E-state index in [0.717, 1.165) is 30.6 Å². The Morgan fingerprint density at radius 3 is 2.06 bits per heavy atom. The number of hydrogen-bond donors (Lipinski definition) is 1. The molecule has 4 aliphatic carbocycles. The van der Waals surface area contributed by atoms with E-state index in [9.17, 15) is 0 Å². The monoisotopic (exact) mass is 233 g/mol. The predicted molar refractivity (Wildman–Crippen MR) is 72.6 cm³/mol. The minimum atomic E-state index is 0.392. The Labute approximate surface area is 106 Å². The maximum Gasteiger partial charge on any atom is 0.0133 e. The molecule has 0 heterocycles. The average Bonchev–Trinajstić information content (AvgIpc) is 2.26. The first-order valence-electron chi connectivity index (χ1n) is 7.53. The van der Waals surface area contributed by atoms with E-state index in [4.69, 9.17) is 5.73 Å². The normalized spacial score (nSPS) is 44.9. The van der Waals surface area contributed by atoms with E-state index < -0.39 is 0 Å². The average molecular weight is 233 g/mol. The smallest absolute Gasteiger partial charge is 0.0133 e. The van der Waals surface area contributed by atoms with Crippen molar-refractivity contribution in [3.05, 3.63) is 12.2 Å². The Morgan fingerprint density at radius 2 is 1.65 bits per heavy atom. The summed E-state index contributed by atoms with van der Waals surface area (Å²) in [7, 11) is 0. The summed E-state index contributed by atoms with van der Waals surface area (Å²) in [5, 5.41) is 0. The van der Waals surface area contributed by atoms with E-state index in [1.165, 1.54) is 44.1 Å². The Bertz CT molecular complexity index is 282. The SMILES string of the molecule is C=C(CC)CC(N)C12CC3CC(CC(C3)C1)C2. The minimum absolute atomic E-state index is 0.392. The molecular weight excluding hydrogens is 206 g/mol. The van der Waals surface area contributed by atoms with Crippen LogP contribution in [0.5, 0.6) is 0 Å². The molecule has 0 saturated heterocycles. The van der Waals surface area contributed by atoms with Crippen LogP contribution >= 0.6 is 0 Å². The summed E-state index contributed by atoms with van der Waals surface area (Å²) < 4.78 is 0. The zero-order valence-corrected chi connectivity index (χ0v) is 11.3. The molecule has 17 heavy (non-hydrogen) atoms. The van der Waals surface area contributed by atoms with E-state index in [1.54, 1.807) is 0 Å². The van der Waals surface area contributed by atoms with Crippen LogP contribution in [-0.4, -0.2) is 6.04 Å². The van der Waals surface area contributed by atoms with Crippen LogP contribution in [0.1, 0.15) is 58.3 Å². The third-order valence-corrected chi connectivity index (χ3v) is 5.88. The molecule has 1 unspecified atom stereocenters. The van der Waals surface area contributed by atoms with Crippen LogP contribution in [0.2, 0.25) is 0 Å². The number of nitrogens with two attached hydrogens (primary N) is 1. The van der Waals surface area contributed by atoms with Gasteiger partial charge in [-0.15, -0.1) is 0 Å². The highest BCUT2D eigenvalue weighted by Crippen LogP contribution is 2.61. The molecule has 4 rings (SSSR count). The van der Waals surface area contributed by atoms with Gasteiger partial charge in [0, 0.05) is 6.04 Å². The van der Waals surface area contributed by atoms with Crippen LogP contribution in [-0.2, 0) is 0 Å². The fraction of sp³-hybridized carbons (Fsp3) is 0.875. The van der Waals surface area contributed by atoms with Crippen molar-refractivity contribution < 1.29 is 0 Å². The van der Waals surface area contributed by atoms with Crippen LogP contribution in [0.15, 0.2) is 12.2 Å². The lowest BCUT2D eigenvalue weighted by molar-refractivity contribution is -0.0668. The van der Waals surface area contributed by atoms with Crippen LogP contribution in [0, 0.1) is 23.2 Å². The lowest BCUT2D eigenvalue weighted by Gasteiger charge is -2.59. The molecule has 0 aliphatic heterocycles. The molecule has 4 saturated carbocycles. The fourth-order valence-electron chi connectivity index (χ4n) is 5.30. The molecule has 0 spiro atoms. The van der Waals surface area contributed by atoms with E-state index >= 15 is 0 Å². The summed E-state index contributed by atoms with van der Waals surface area (Å²) in [6, 6.07) is 0.392. The topological polar surface area (TPSA) is 26.0 Å². The standard InChI is InChI=1S/C16H27N/c1-3-11(2)4-15(17)16-8-12-5-13(9-16)7-14(6-12)10-16/h12-15H,2-10,17H2,1H3. The second-order valence-electron chi connectivity index (χ2n) is 7.19. The Kier molecular flexibility index (Phi) is 2.85. The fourth-order valence-corrected chi connectivity index (χ4v) is 5.30. The van der Waals surface area contributed by atoms with E-state index in [2.05, 4.69) is 13.5 Å². The summed E-state index contributed by atoms with van der Waals surface area (Å²) in [6.45, 7) is 6.36. The zero-order valence-electron chi connectivity index (χ0n) is 11.3. The number of hydrogen-bond acceptors (Lipinski definition) is 1. The highest BCUT2D eigenvalue weighted by molar-refractivity contribution is 5.09. The molecule has 0 radical (unpaired) electrons. The molecule has 4 aliphatic rings. The molecular formula is C16H27N. The second kappa shape index (κ2) is 4.12. The first-order valence-corrected chi connectivity index (χ1v) is 7.53. The molecule has 1 heteroatoms. The maximum atomic E-state index is 6.59. The van der Waals surface area contributed by atoms with Gasteiger partial charge in [-0.25, -0.2) is 0 Å². The quantitative estimate of drug-likeness (QED) is 0.733. The number of rotatable bonds is 4. The van der Waals surface area contributed by atoms with Crippen molar-refractivity contribution >= 4 is 0 Å². The summed E-state index contributed by atoms with van der Waals surface area (Å²) in [5.41, 5.74) is 8.45. The van der Waals surface area contributed by atoms with E-state index in [0.29, 0.717) is 11.5 Å². The molecule has 0 aromatic carbocycles. The van der Waals surface area contributed by atoms with Crippen LogP contribution in [0.4, 0.5) is 0 Å². The van der Waals surface area contributed by atoms with Gasteiger partial charge in [0.25, 0.3) is 0 Å². The van der Waals surface area contributed by atoms with Gasteiger partial charge in [-0.1, -0.05) is 19.1 Å². The molecule has 96 valence electrons. The summed E-state index contributed by atoms with van der Waals surface area (Å²) in [5.74, 6) is 3.05. The third kappa shape index (κ3) is 1.97. The molecule has 1 atom stereocenters. The second-order valence-corrected chi connectivity index (χ2v) is 7.19. The molecule has 4 bridgehead atoms. The lowest BCUT2D eigenvalue weighted by atomic mass is 9.47. The highest BCUT2D eigenvalue weighted by Gasteiger charge is 2.53. The van der Waals surface area contributed by atoms with E-state index in [-0.39, 0.29) is 0 Å². The summed E-state index contributed by atoms with van der Waals surface area (Å²) in [4.78, 5) is 0. The summed E-state index contributed by atoms with van der Waals surface area (Å²) >= 11 is 0. The molecule has 4 fully saturated rings. The lowest BCUT2D eigenvalue weighted by Crippen LogP contribution is -2.54. The van der Waals surface area contributed by atoms with Gasteiger partial charge in [0.05, 0.1) is 0 Å². The van der Waals surface area contributed by atoms with Crippen molar-refractivity contribution in [1.82, 2.24) is 0 Å². The van der Waals surface area contributed by atoms with Crippen molar-refractivity contribution in [2.75, 3.05) is 0 Å². The zero-order chi connectivity index (χ0) is 12.0. The Morgan fingerprint density at radius 1 is 1.18 bits per heavy atom. The molecule has 0 amide bonds. The van der Waals surface area contributed by atoms with Crippen molar-refractivity contribution in [3.8, 4) is 0 Å². The third-order valence-electron chi connectivity index (χ3n) is 5.88. The van der Waals surface area contributed by atoms with Gasteiger partial charge in [0.15, 0.2) is 0 Å². The van der Waals surface area contributed by atoms with Crippen LogP contribution in [0.3, 0.4) is 0 Å². The van der Waals surface area contributed by atoms with Gasteiger partial charge in [-0.05, 0) is 74.5 Å². The van der Waals surface area contributed by atoms with Crippen molar-refractivity contribution in [3.63, 3.8) is 0 Å². The van der Waals surface area contributed by atoms with Gasteiger partial charge in [-0.3, -0.25) is 0 Å². The Hall–Kier alpha value is -0.300. The minimum Gasteiger partial charge on any atom is -0.327 e. The molecule has 1 nitrogen and oxygen atoms in total. The maximum absolute atomic E-state index is 6.59. The van der Waals surface area contributed by atoms with Crippen molar-refractivity contribution in [2.24, 2.45) is 28.9 Å². The summed E-state index contributed by atoms with van der Waals surface area (Å²) in [6.07, 6.45) is 11.0. The molecule has 0 aromatic heterocycles. The van der Waals surface area contributed by atoms with Gasteiger partial charge in [0.2, 0.25) is 0 Å². The first kappa shape index (κ1) is 11.8. The van der Waals surface area contributed by atoms with Gasteiger partial charge in [-0.2, -0.15) is 0 Å². The highest BCUT2D eigenvalue weighted by atomic mass is 14.7. The van der Waals surface area contributed by atoms with Crippen molar-refractivity contribution in [1.29, 1.82) is 0 Å². The van der Waals surface area contributed by atoms with Gasteiger partial charge < -0.3 is 5.73 Å².